The van der Waals surface area contributed by atoms with Gasteiger partial charge in [0.15, 0.2) is 0 Å². The molecule has 1 rings (SSSR count). The molecule has 0 fully saturated rings. The summed E-state index contributed by atoms with van der Waals surface area (Å²) < 4.78 is 5.10. The van der Waals surface area contributed by atoms with Gasteiger partial charge in [0, 0.05) is 31.9 Å². The van der Waals surface area contributed by atoms with Crippen LogP contribution in [0.2, 0.25) is 0 Å². The summed E-state index contributed by atoms with van der Waals surface area (Å²) in [5.74, 6) is 0.0491. The summed E-state index contributed by atoms with van der Waals surface area (Å²) >= 11 is 0. The van der Waals surface area contributed by atoms with Crippen LogP contribution < -0.4 is 5.32 Å². The van der Waals surface area contributed by atoms with E-state index in [4.69, 9.17) is 4.74 Å². The maximum absolute atomic E-state index is 12.7. The van der Waals surface area contributed by atoms with E-state index in [9.17, 15) is 4.79 Å². The van der Waals surface area contributed by atoms with Crippen LogP contribution in [0.4, 0.5) is 5.69 Å². The molecule has 1 amide bonds. The molecule has 4 nitrogen and oxygen atoms in total. The highest BCUT2D eigenvalue weighted by Gasteiger charge is 2.21. The number of rotatable bonds is 7. The van der Waals surface area contributed by atoms with E-state index in [1.807, 2.05) is 50.8 Å². The van der Waals surface area contributed by atoms with E-state index in [0.29, 0.717) is 13.2 Å². The van der Waals surface area contributed by atoms with Gasteiger partial charge in [-0.15, -0.1) is 0 Å². The number of carbonyl (C=O) groups is 1. The van der Waals surface area contributed by atoms with Gasteiger partial charge < -0.3 is 15.0 Å². The molecular weight excluding hydrogens is 252 g/mol. The van der Waals surface area contributed by atoms with Gasteiger partial charge in [-0.3, -0.25) is 4.79 Å². The Morgan fingerprint density at radius 3 is 2.65 bits per heavy atom. The van der Waals surface area contributed by atoms with Crippen molar-refractivity contribution in [2.24, 2.45) is 0 Å². The van der Waals surface area contributed by atoms with Gasteiger partial charge in [-0.1, -0.05) is 6.07 Å². The van der Waals surface area contributed by atoms with E-state index in [1.54, 1.807) is 7.11 Å². The van der Waals surface area contributed by atoms with Crippen molar-refractivity contribution in [3.05, 3.63) is 29.3 Å². The zero-order chi connectivity index (χ0) is 15.1. The number of hydrogen-bond donors (Lipinski definition) is 1. The molecule has 0 saturated heterocycles. The third kappa shape index (κ3) is 4.23. The first kappa shape index (κ1) is 16.5. The van der Waals surface area contributed by atoms with Gasteiger partial charge in [0.1, 0.15) is 0 Å². The number of ether oxygens (including phenoxy) is 1. The van der Waals surface area contributed by atoms with Gasteiger partial charge >= 0.3 is 0 Å². The van der Waals surface area contributed by atoms with Crippen LogP contribution in [0.15, 0.2) is 18.2 Å². The van der Waals surface area contributed by atoms with Crippen LogP contribution >= 0.6 is 0 Å². The first-order valence-electron chi connectivity index (χ1n) is 7.15. The first-order valence-corrected chi connectivity index (χ1v) is 7.15. The van der Waals surface area contributed by atoms with Crippen LogP contribution in [-0.2, 0) is 4.74 Å². The van der Waals surface area contributed by atoms with Crippen LogP contribution in [0.25, 0.3) is 0 Å². The quantitative estimate of drug-likeness (QED) is 0.834. The van der Waals surface area contributed by atoms with Gasteiger partial charge in [0.2, 0.25) is 0 Å². The molecule has 0 aromatic heterocycles. The molecule has 0 aliphatic rings. The molecule has 0 saturated carbocycles. The molecular formula is C16H26N2O2. The van der Waals surface area contributed by atoms with Gasteiger partial charge in [0.25, 0.3) is 5.91 Å². The average Bonchev–Trinajstić information content (AvgIpc) is 2.39. The summed E-state index contributed by atoms with van der Waals surface area (Å²) in [6, 6.07) is 6.04. The van der Waals surface area contributed by atoms with Crippen molar-refractivity contribution in [3.8, 4) is 0 Å². The Morgan fingerprint density at radius 1 is 1.40 bits per heavy atom. The normalized spacial score (nSPS) is 10.7. The molecule has 0 heterocycles. The molecule has 0 radical (unpaired) electrons. The molecule has 4 heteroatoms. The van der Waals surface area contributed by atoms with Gasteiger partial charge in [-0.05, 0) is 45.4 Å². The maximum Gasteiger partial charge on any atom is 0.256 e. The number of anilines is 1. The summed E-state index contributed by atoms with van der Waals surface area (Å²) in [6.07, 6.45) is 0. The van der Waals surface area contributed by atoms with Crippen LogP contribution in [0.5, 0.6) is 0 Å². The van der Waals surface area contributed by atoms with Gasteiger partial charge in [-0.25, -0.2) is 0 Å². The van der Waals surface area contributed by atoms with Crippen LogP contribution in [0.3, 0.4) is 0 Å². The molecule has 0 bridgehead atoms. The minimum atomic E-state index is 0.0491. The van der Waals surface area contributed by atoms with Crippen molar-refractivity contribution < 1.29 is 9.53 Å². The second-order valence-electron chi connectivity index (χ2n) is 5.16. The van der Waals surface area contributed by atoms with Crippen molar-refractivity contribution in [2.45, 2.75) is 33.7 Å². The lowest BCUT2D eigenvalue weighted by molar-refractivity contribution is 0.0636. The van der Waals surface area contributed by atoms with Crippen molar-refractivity contribution in [2.75, 3.05) is 32.1 Å². The number of carbonyl (C=O) groups excluding carboxylic acids is 1. The highest BCUT2D eigenvalue weighted by atomic mass is 16.5. The van der Waals surface area contributed by atoms with Crippen LogP contribution in [0.1, 0.15) is 36.7 Å². The summed E-state index contributed by atoms with van der Waals surface area (Å²) in [5.41, 5.74) is 2.77. The zero-order valence-electron chi connectivity index (χ0n) is 13.2. The lowest BCUT2D eigenvalue weighted by Gasteiger charge is -2.27. The standard InChI is InChI=1S/C16H26N2O2/c1-6-17-15-11-13(4)7-8-14(15)16(19)18(12(2)3)9-10-20-5/h7-8,11-12,17H,6,9-10H2,1-5H3. The monoisotopic (exact) mass is 278 g/mol. The van der Waals surface area contributed by atoms with E-state index in [2.05, 4.69) is 5.32 Å². The Kier molecular flexibility index (Phi) is 6.52. The van der Waals surface area contributed by atoms with Gasteiger partial charge in [0.05, 0.1) is 12.2 Å². The average molecular weight is 278 g/mol. The molecule has 1 aromatic carbocycles. The Bertz CT molecular complexity index is 444. The minimum absolute atomic E-state index is 0.0491. The third-order valence-electron chi connectivity index (χ3n) is 3.19. The number of methoxy groups -OCH3 is 1. The van der Waals surface area contributed by atoms with Crippen molar-refractivity contribution >= 4 is 11.6 Å². The lowest BCUT2D eigenvalue weighted by Crippen LogP contribution is -2.39. The van der Waals surface area contributed by atoms with E-state index < -0.39 is 0 Å². The highest BCUT2D eigenvalue weighted by Crippen LogP contribution is 2.20. The summed E-state index contributed by atoms with van der Waals surface area (Å²) in [6.45, 7) is 10.0. The fourth-order valence-corrected chi connectivity index (χ4v) is 2.12. The van der Waals surface area contributed by atoms with Crippen molar-refractivity contribution in [3.63, 3.8) is 0 Å². The van der Waals surface area contributed by atoms with Gasteiger partial charge in [-0.2, -0.15) is 0 Å². The predicted octanol–water partition coefficient (Wildman–Crippen LogP) is 2.92. The molecule has 112 valence electrons. The molecule has 0 aliphatic heterocycles. The number of nitrogens with one attached hydrogen (secondary N) is 1. The zero-order valence-corrected chi connectivity index (χ0v) is 13.2. The Labute approximate surface area is 122 Å². The largest absolute Gasteiger partial charge is 0.385 e. The first-order chi connectivity index (χ1) is 9.51. The van der Waals surface area contributed by atoms with Crippen molar-refractivity contribution in [1.82, 2.24) is 4.90 Å². The Hall–Kier alpha value is -1.55. The van der Waals surface area contributed by atoms with Crippen LogP contribution in [0, 0.1) is 6.92 Å². The van der Waals surface area contributed by atoms with E-state index in [-0.39, 0.29) is 11.9 Å². The number of hydrogen-bond acceptors (Lipinski definition) is 3. The number of nitrogens with zero attached hydrogens (tertiary/aromatic N) is 1. The number of amides is 1. The molecule has 0 spiro atoms. The molecule has 0 atom stereocenters. The fraction of sp³-hybridized carbons (Fsp3) is 0.562. The third-order valence-corrected chi connectivity index (χ3v) is 3.19. The molecule has 0 unspecified atom stereocenters. The molecule has 20 heavy (non-hydrogen) atoms. The molecule has 1 aromatic rings. The van der Waals surface area contributed by atoms with E-state index in [1.165, 1.54) is 0 Å². The Balaban J connectivity index is 3.04. The predicted molar refractivity (Wildman–Crippen MR) is 83.4 cm³/mol. The Morgan fingerprint density at radius 2 is 2.10 bits per heavy atom. The SMILES string of the molecule is CCNc1cc(C)ccc1C(=O)N(CCOC)C(C)C. The van der Waals surface area contributed by atoms with Crippen molar-refractivity contribution in [1.29, 1.82) is 0 Å². The fourth-order valence-electron chi connectivity index (χ4n) is 2.12. The second-order valence-corrected chi connectivity index (χ2v) is 5.16. The highest BCUT2D eigenvalue weighted by molar-refractivity contribution is 6.00. The maximum atomic E-state index is 12.7. The smallest absolute Gasteiger partial charge is 0.256 e. The second kappa shape index (κ2) is 7.90. The van der Waals surface area contributed by atoms with E-state index >= 15 is 0 Å². The number of aryl methyl sites for hydroxylation is 1. The molecule has 1 N–H and O–H groups in total. The summed E-state index contributed by atoms with van der Waals surface area (Å²) in [7, 11) is 1.65. The minimum Gasteiger partial charge on any atom is -0.385 e. The molecule has 0 aliphatic carbocycles. The summed E-state index contributed by atoms with van der Waals surface area (Å²) in [4.78, 5) is 14.6. The number of benzene rings is 1. The van der Waals surface area contributed by atoms with Crippen LogP contribution in [-0.4, -0.2) is 43.7 Å². The summed E-state index contributed by atoms with van der Waals surface area (Å²) in [5, 5.41) is 3.27. The lowest BCUT2D eigenvalue weighted by atomic mass is 10.1. The van der Waals surface area contributed by atoms with E-state index in [0.717, 1.165) is 23.4 Å². The topological polar surface area (TPSA) is 41.6 Å².